The summed E-state index contributed by atoms with van der Waals surface area (Å²) >= 11 is 0. The summed E-state index contributed by atoms with van der Waals surface area (Å²) in [6.45, 7) is 2.03. The van der Waals surface area contributed by atoms with Gasteiger partial charge in [-0.25, -0.2) is 14.4 Å². The molecule has 0 saturated carbocycles. The molecule has 0 unspecified atom stereocenters. The summed E-state index contributed by atoms with van der Waals surface area (Å²) in [7, 11) is 2.09. The molecule has 1 N–H and O–H groups in total. The molecule has 0 amide bonds. The fourth-order valence-corrected chi connectivity index (χ4v) is 2.64. The number of non-ortho nitro benzene ring substituents is 1. The first-order valence-electron chi connectivity index (χ1n) is 7.90. The van der Waals surface area contributed by atoms with Crippen molar-refractivity contribution in [3.63, 3.8) is 0 Å². The molecule has 1 fully saturated rings. The number of benzene rings is 1. The van der Waals surface area contributed by atoms with Gasteiger partial charge >= 0.3 is 0 Å². The van der Waals surface area contributed by atoms with Crippen molar-refractivity contribution in [2.45, 2.75) is 18.9 Å². The van der Waals surface area contributed by atoms with Crippen LogP contribution in [0.2, 0.25) is 0 Å². The van der Waals surface area contributed by atoms with Gasteiger partial charge in [0.15, 0.2) is 11.6 Å². The largest absolute Gasteiger partial charge is 0.436 e. The zero-order valence-electron chi connectivity index (χ0n) is 13.7. The Balaban J connectivity index is 1.68. The fraction of sp³-hybridized carbons (Fsp3) is 0.375. The van der Waals surface area contributed by atoms with Crippen molar-refractivity contribution < 1.29 is 14.1 Å². The highest BCUT2D eigenvalue weighted by atomic mass is 19.1. The van der Waals surface area contributed by atoms with Gasteiger partial charge in [-0.3, -0.25) is 10.1 Å². The highest BCUT2D eigenvalue weighted by Crippen LogP contribution is 2.27. The fourth-order valence-electron chi connectivity index (χ4n) is 2.64. The zero-order valence-corrected chi connectivity index (χ0v) is 13.7. The molecule has 132 valence electrons. The minimum atomic E-state index is -0.822. The molecule has 1 aliphatic rings. The first-order valence-corrected chi connectivity index (χ1v) is 7.90. The summed E-state index contributed by atoms with van der Waals surface area (Å²) in [5, 5.41) is 14.0. The predicted octanol–water partition coefficient (Wildman–Crippen LogP) is 2.82. The maximum atomic E-state index is 13.9. The molecule has 1 saturated heterocycles. The number of rotatable bonds is 5. The molecule has 25 heavy (non-hydrogen) atoms. The lowest BCUT2D eigenvalue weighted by atomic mass is 10.1. The van der Waals surface area contributed by atoms with Crippen LogP contribution >= 0.6 is 0 Å². The van der Waals surface area contributed by atoms with Crippen LogP contribution in [0.25, 0.3) is 0 Å². The van der Waals surface area contributed by atoms with Crippen LogP contribution in [-0.4, -0.2) is 46.0 Å². The second-order valence-corrected chi connectivity index (χ2v) is 5.94. The van der Waals surface area contributed by atoms with Gasteiger partial charge in [-0.1, -0.05) is 0 Å². The Kier molecular flexibility index (Phi) is 5.03. The molecule has 0 aliphatic carbocycles. The molecule has 1 aromatic heterocycles. The number of hydrogen-bond acceptors (Lipinski definition) is 7. The Bertz CT molecular complexity index is 765. The molecule has 9 heteroatoms. The lowest BCUT2D eigenvalue weighted by molar-refractivity contribution is -0.385. The van der Waals surface area contributed by atoms with Gasteiger partial charge in [0.1, 0.15) is 12.1 Å². The van der Waals surface area contributed by atoms with E-state index in [0.29, 0.717) is 11.9 Å². The van der Waals surface area contributed by atoms with Gasteiger partial charge in [-0.05, 0) is 39.0 Å². The summed E-state index contributed by atoms with van der Waals surface area (Å²) in [6, 6.07) is 5.10. The van der Waals surface area contributed by atoms with Crippen LogP contribution in [0.15, 0.2) is 30.6 Å². The Labute approximate surface area is 143 Å². The SMILES string of the molecule is CN1CCC(Nc2cc(Oc3ccc([N+](=O)[O-])cc3F)ncn2)CC1. The van der Waals surface area contributed by atoms with Crippen LogP contribution in [0.5, 0.6) is 11.6 Å². The van der Waals surface area contributed by atoms with Crippen molar-refractivity contribution >= 4 is 11.5 Å². The van der Waals surface area contributed by atoms with Crippen molar-refractivity contribution in [3.05, 3.63) is 46.5 Å². The number of likely N-dealkylation sites (tertiary alicyclic amines) is 1. The van der Waals surface area contributed by atoms with E-state index in [4.69, 9.17) is 4.74 Å². The second kappa shape index (κ2) is 7.39. The average Bonchev–Trinajstić information content (AvgIpc) is 2.59. The van der Waals surface area contributed by atoms with Crippen LogP contribution in [0.4, 0.5) is 15.9 Å². The van der Waals surface area contributed by atoms with Crippen molar-refractivity contribution in [2.24, 2.45) is 0 Å². The van der Waals surface area contributed by atoms with Gasteiger partial charge in [0.25, 0.3) is 5.69 Å². The zero-order chi connectivity index (χ0) is 17.8. The molecule has 1 aliphatic heterocycles. The molecule has 3 rings (SSSR count). The summed E-state index contributed by atoms with van der Waals surface area (Å²) < 4.78 is 19.3. The third-order valence-electron chi connectivity index (χ3n) is 4.05. The number of piperidine rings is 1. The summed E-state index contributed by atoms with van der Waals surface area (Å²) in [4.78, 5) is 20.4. The van der Waals surface area contributed by atoms with Crippen molar-refractivity contribution in [3.8, 4) is 11.6 Å². The van der Waals surface area contributed by atoms with Gasteiger partial charge in [0.2, 0.25) is 5.88 Å². The Hall–Kier alpha value is -2.81. The van der Waals surface area contributed by atoms with Gasteiger partial charge in [0, 0.05) is 18.2 Å². The van der Waals surface area contributed by atoms with E-state index in [1.807, 2.05) is 0 Å². The van der Waals surface area contributed by atoms with E-state index in [2.05, 4.69) is 27.2 Å². The van der Waals surface area contributed by atoms with Gasteiger partial charge in [-0.15, -0.1) is 0 Å². The van der Waals surface area contributed by atoms with Crippen LogP contribution < -0.4 is 10.1 Å². The topological polar surface area (TPSA) is 93.4 Å². The molecule has 0 atom stereocenters. The smallest absolute Gasteiger partial charge is 0.272 e. The number of nitrogens with one attached hydrogen (secondary N) is 1. The van der Waals surface area contributed by atoms with E-state index in [1.165, 1.54) is 18.5 Å². The second-order valence-electron chi connectivity index (χ2n) is 5.94. The van der Waals surface area contributed by atoms with Gasteiger partial charge < -0.3 is 15.0 Å². The number of hydrogen-bond donors (Lipinski definition) is 1. The monoisotopic (exact) mass is 347 g/mol. The molecular weight excluding hydrogens is 329 g/mol. The van der Waals surface area contributed by atoms with E-state index in [9.17, 15) is 14.5 Å². The van der Waals surface area contributed by atoms with Crippen molar-refractivity contribution in [2.75, 3.05) is 25.5 Å². The van der Waals surface area contributed by atoms with Crippen molar-refractivity contribution in [1.82, 2.24) is 14.9 Å². The highest BCUT2D eigenvalue weighted by molar-refractivity contribution is 5.42. The van der Waals surface area contributed by atoms with E-state index in [-0.39, 0.29) is 17.3 Å². The number of aromatic nitrogens is 2. The number of ether oxygens (including phenoxy) is 1. The Morgan fingerprint density at radius 1 is 1.32 bits per heavy atom. The maximum Gasteiger partial charge on any atom is 0.272 e. The van der Waals surface area contributed by atoms with Gasteiger partial charge in [-0.2, -0.15) is 0 Å². The molecule has 2 heterocycles. The van der Waals surface area contributed by atoms with Crippen LogP contribution in [0.1, 0.15) is 12.8 Å². The van der Waals surface area contributed by atoms with Gasteiger partial charge in [0.05, 0.1) is 11.0 Å². The lowest BCUT2D eigenvalue weighted by Gasteiger charge is -2.29. The number of anilines is 1. The van der Waals surface area contributed by atoms with Crippen molar-refractivity contribution in [1.29, 1.82) is 0 Å². The normalized spacial score (nSPS) is 15.8. The average molecular weight is 347 g/mol. The first kappa shape index (κ1) is 17.0. The van der Waals surface area contributed by atoms with E-state index < -0.39 is 10.7 Å². The maximum absolute atomic E-state index is 13.9. The lowest BCUT2D eigenvalue weighted by Crippen LogP contribution is -2.36. The molecule has 0 radical (unpaired) electrons. The Morgan fingerprint density at radius 3 is 2.76 bits per heavy atom. The molecule has 0 bridgehead atoms. The minimum Gasteiger partial charge on any atom is -0.436 e. The van der Waals surface area contributed by atoms with E-state index in [0.717, 1.165) is 32.0 Å². The van der Waals surface area contributed by atoms with E-state index >= 15 is 0 Å². The number of halogens is 1. The Morgan fingerprint density at radius 2 is 2.08 bits per heavy atom. The first-order chi connectivity index (χ1) is 12.0. The minimum absolute atomic E-state index is 0.130. The molecule has 2 aromatic rings. The molecule has 1 aromatic carbocycles. The predicted molar refractivity (Wildman–Crippen MR) is 89.3 cm³/mol. The standard InChI is InChI=1S/C16H18FN5O3/c1-21-6-4-11(5-7-21)20-15-9-16(19-10-18-15)25-14-3-2-12(22(23)24)8-13(14)17/h2-3,8-11H,4-7H2,1H3,(H,18,19,20). The van der Waals surface area contributed by atoms with E-state index in [1.54, 1.807) is 6.07 Å². The number of nitro benzene ring substituents is 1. The molecule has 0 spiro atoms. The number of nitro groups is 1. The number of nitrogens with zero attached hydrogens (tertiary/aromatic N) is 4. The van der Waals surface area contributed by atoms with Crippen LogP contribution in [0, 0.1) is 15.9 Å². The third kappa shape index (κ3) is 4.38. The highest BCUT2D eigenvalue weighted by Gasteiger charge is 2.17. The summed E-state index contributed by atoms with van der Waals surface area (Å²) in [6.07, 6.45) is 3.34. The molecule has 8 nitrogen and oxygen atoms in total. The molecular formula is C16H18FN5O3. The van der Waals surface area contributed by atoms with Crippen LogP contribution in [-0.2, 0) is 0 Å². The quantitative estimate of drug-likeness (QED) is 0.656. The van der Waals surface area contributed by atoms with Crippen LogP contribution in [0.3, 0.4) is 0 Å². The summed E-state index contributed by atoms with van der Waals surface area (Å²) in [5.41, 5.74) is -0.336. The summed E-state index contributed by atoms with van der Waals surface area (Å²) in [5.74, 6) is -0.188. The third-order valence-corrected chi connectivity index (χ3v) is 4.05.